The highest BCUT2D eigenvalue weighted by Crippen LogP contribution is 2.32. The van der Waals surface area contributed by atoms with Gasteiger partial charge >= 0.3 is 0 Å². The molecule has 3 heterocycles. The third-order valence-electron chi connectivity index (χ3n) is 5.69. The molecule has 1 aromatic carbocycles. The molecule has 1 aliphatic heterocycles. The molecule has 8 nitrogen and oxygen atoms in total. The van der Waals surface area contributed by atoms with E-state index in [1.54, 1.807) is 13.3 Å². The standard InChI is InChI=1S/C19H23N7O/c1-27-13-6-7-19(26-9-3-8-20-26)15(10-13)18-12-25(24-23-18)11-17-14-4-2-5-16(14)21-22-17/h3,6-10,12,14,16-17,21-22H,2,4-5,11H2,1H3. The highest BCUT2D eigenvalue weighted by Gasteiger charge is 2.39. The molecular weight excluding hydrogens is 342 g/mol. The van der Waals surface area contributed by atoms with E-state index >= 15 is 0 Å². The summed E-state index contributed by atoms with van der Waals surface area (Å²) in [6.45, 7) is 0.808. The summed E-state index contributed by atoms with van der Waals surface area (Å²) in [7, 11) is 1.67. The number of benzene rings is 1. The van der Waals surface area contributed by atoms with Gasteiger partial charge in [-0.05, 0) is 43.0 Å². The maximum absolute atomic E-state index is 5.41. The molecule has 2 N–H and O–H groups in total. The van der Waals surface area contributed by atoms with Crippen LogP contribution in [0.15, 0.2) is 42.9 Å². The molecule has 1 saturated heterocycles. The molecular formula is C19H23N7O. The number of fused-ring (bicyclic) bond motifs is 1. The van der Waals surface area contributed by atoms with Crippen LogP contribution in [0.3, 0.4) is 0 Å². The second-order valence-electron chi connectivity index (χ2n) is 7.26. The van der Waals surface area contributed by atoms with Crippen LogP contribution in [0.2, 0.25) is 0 Å². The van der Waals surface area contributed by atoms with Gasteiger partial charge in [0.2, 0.25) is 0 Å². The fourth-order valence-electron chi connectivity index (χ4n) is 4.32. The minimum Gasteiger partial charge on any atom is -0.497 e. The van der Waals surface area contributed by atoms with Crippen LogP contribution in [0.5, 0.6) is 5.75 Å². The summed E-state index contributed by atoms with van der Waals surface area (Å²) >= 11 is 0. The van der Waals surface area contributed by atoms with E-state index in [2.05, 4.69) is 26.3 Å². The van der Waals surface area contributed by atoms with Crippen LogP contribution in [0.4, 0.5) is 0 Å². The maximum Gasteiger partial charge on any atom is 0.119 e. The van der Waals surface area contributed by atoms with Gasteiger partial charge in [-0.15, -0.1) is 5.10 Å². The lowest BCUT2D eigenvalue weighted by Gasteiger charge is -2.16. The molecule has 0 radical (unpaired) electrons. The third kappa shape index (κ3) is 3.00. The molecule has 140 valence electrons. The van der Waals surface area contributed by atoms with Crippen molar-refractivity contribution in [1.82, 2.24) is 35.6 Å². The highest BCUT2D eigenvalue weighted by atomic mass is 16.5. The van der Waals surface area contributed by atoms with Crippen LogP contribution in [-0.4, -0.2) is 44.0 Å². The fourth-order valence-corrected chi connectivity index (χ4v) is 4.32. The molecule has 3 atom stereocenters. The monoisotopic (exact) mass is 365 g/mol. The van der Waals surface area contributed by atoms with E-state index in [1.807, 2.05) is 46.0 Å². The minimum absolute atomic E-state index is 0.392. The Bertz CT molecular complexity index is 920. The molecule has 0 bridgehead atoms. The van der Waals surface area contributed by atoms with E-state index in [1.165, 1.54) is 19.3 Å². The molecule has 0 spiro atoms. The van der Waals surface area contributed by atoms with Crippen molar-refractivity contribution in [3.63, 3.8) is 0 Å². The Kier molecular flexibility index (Phi) is 4.14. The molecule has 3 unspecified atom stereocenters. The van der Waals surface area contributed by atoms with E-state index < -0.39 is 0 Å². The van der Waals surface area contributed by atoms with E-state index in [-0.39, 0.29) is 0 Å². The molecule has 5 rings (SSSR count). The van der Waals surface area contributed by atoms with Gasteiger partial charge in [-0.1, -0.05) is 11.6 Å². The molecule has 8 heteroatoms. The number of hydrogen-bond acceptors (Lipinski definition) is 6. The lowest BCUT2D eigenvalue weighted by Crippen LogP contribution is -2.36. The molecule has 3 aromatic rings. The molecule has 2 aliphatic rings. The lowest BCUT2D eigenvalue weighted by atomic mass is 9.97. The van der Waals surface area contributed by atoms with Gasteiger partial charge in [-0.3, -0.25) is 15.5 Å². The molecule has 2 aromatic heterocycles. The summed E-state index contributed by atoms with van der Waals surface area (Å²) in [5.41, 5.74) is 9.57. The molecule has 27 heavy (non-hydrogen) atoms. The van der Waals surface area contributed by atoms with Gasteiger partial charge in [0.1, 0.15) is 11.4 Å². The third-order valence-corrected chi connectivity index (χ3v) is 5.69. The number of rotatable bonds is 5. The quantitative estimate of drug-likeness (QED) is 0.717. The van der Waals surface area contributed by atoms with Crippen LogP contribution in [-0.2, 0) is 6.54 Å². The molecule has 0 amide bonds. The topological polar surface area (TPSA) is 81.8 Å². The summed E-state index contributed by atoms with van der Waals surface area (Å²) in [4.78, 5) is 0. The number of hydrazine groups is 1. The molecule has 1 aliphatic carbocycles. The van der Waals surface area contributed by atoms with Crippen molar-refractivity contribution in [3.05, 3.63) is 42.9 Å². The van der Waals surface area contributed by atoms with Crippen LogP contribution in [0.25, 0.3) is 16.9 Å². The van der Waals surface area contributed by atoms with Crippen LogP contribution >= 0.6 is 0 Å². The summed E-state index contributed by atoms with van der Waals surface area (Å²) in [6, 6.07) is 8.80. The van der Waals surface area contributed by atoms with Crippen molar-refractivity contribution in [2.24, 2.45) is 5.92 Å². The number of nitrogens with zero attached hydrogens (tertiary/aromatic N) is 5. The Hall–Kier alpha value is -2.71. The Balaban J connectivity index is 1.44. The number of nitrogens with one attached hydrogen (secondary N) is 2. The van der Waals surface area contributed by atoms with Gasteiger partial charge in [0, 0.05) is 30.0 Å². The number of methoxy groups -OCH3 is 1. The van der Waals surface area contributed by atoms with Crippen LogP contribution in [0.1, 0.15) is 19.3 Å². The largest absolute Gasteiger partial charge is 0.497 e. The van der Waals surface area contributed by atoms with Crippen molar-refractivity contribution in [2.75, 3.05) is 7.11 Å². The summed E-state index contributed by atoms with van der Waals surface area (Å²) < 4.78 is 9.17. The zero-order valence-corrected chi connectivity index (χ0v) is 15.2. The van der Waals surface area contributed by atoms with Crippen LogP contribution < -0.4 is 15.6 Å². The van der Waals surface area contributed by atoms with E-state index in [0.717, 1.165) is 29.2 Å². The normalized spacial score (nSPS) is 24.3. The van der Waals surface area contributed by atoms with Crippen molar-refractivity contribution >= 4 is 0 Å². The lowest BCUT2D eigenvalue weighted by molar-refractivity contribution is 0.374. The average Bonchev–Trinajstić information content (AvgIpc) is 3.48. The average molecular weight is 365 g/mol. The smallest absolute Gasteiger partial charge is 0.119 e. The van der Waals surface area contributed by atoms with E-state index in [4.69, 9.17) is 4.74 Å². The second-order valence-corrected chi connectivity index (χ2v) is 7.26. The number of aromatic nitrogens is 5. The highest BCUT2D eigenvalue weighted by molar-refractivity contribution is 5.71. The van der Waals surface area contributed by atoms with Crippen molar-refractivity contribution in [2.45, 2.75) is 37.9 Å². The maximum atomic E-state index is 5.41. The SMILES string of the molecule is COc1ccc(-n2cccn2)c(-c2cn(CC3NNC4CCCC43)nn2)c1. The van der Waals surface area contributed by atoms with Gasteiger partial charge in [-0.2, -0.15) is 5.10 Å². The van der Waals surface area contributed by atoms with Crippen molar-refractivity contribution in [3.8, 4) is 22.7 Å². The molecule has 2 fully saturated rings. The first kappa shape index (κ1) is 16.5. The fraction of sp³-hybridized carbons (Fsp3) is 0.421. The van der Waals surface area contributed by atoms with E-state index in [9.17, 15) is 0 Å². The minimum atomic E-state index is 0.392. The second kappa shape index (κ2) is 6.79. The predicted molar refractivity (Wildman–Crippen MR) is 100 cm³/mol. The first-order valence-electron chi connectivity index (χ1n) is 9.41. The zero-order chi connectivity index (χ0) is 18.2. The number of ether oxygens (including phenoxy) is 1. The van der Waals surface area contributed by atoms with Crippen molar-refractivity contribution in [1.29, 1.82) is 0 Å². The Morgan fingerprint density at radius 3 is 3.07 bits per heavy atom. The summed E-state index contributed by atoms with van der Waals surface area (Å²) in [5.74, 6) is 1.46. The van der Waals surface area contributed by atoms with Crippen LogP contribution in [0, 0.1) is 5.92 Å². The van der Waals surface area contributed by atoms with Gasteiger partial charge in [0.25, 0.3) is 0 Å². The Labute approximate surface area is 157 Å². The van der Waals surface area contributed by atoms with Gasteiger partial charge in [0.05, 0.1) is 25.5 Å². The van der Waals surface area contributed by atoms with E-state index in [0.29, 0.717) is 18.0 Å². The van der Waals surface area contributed by atoms with Crippen molar-refractivity contribution < 1.29 is 4.74 Å². The zero-order valence-electron chi connectivity index (χ0n) is 15.2. The first-order chi connectivity index (χ1) is 13.3. The molecule has 1 saturated carbocycles. The first-order valence-corrected chi connectivity index (χ1v) is 9.41. The summed E-state index contributed by atoms with van der Waals surface area (Å²) in [6.07, 6.45) is 9.53. The predicted octanol–water partition coefficient (Wildman–Crippen LogP) is 1.78. The number of hydrogen-bond donors (Lipinski definition) is 2. The van der Waals surface area contributed by atoms with Gasteiger partial charge < -0.3 is 4.74 Å². The summed E-state index contributed by atoms with van der Waals surface area (Å²) in [5, 5.41) is 13.2. The Morgan fingerprint density at radius 2 is 2.22 bits per heavy atom. The Morgan fingerprint density at radius 1 is 1.26 bits per heavy atom. The van der Waals surface area contributed by atoms with Gasteiger partial charge in [0.15, 0.2) is 0 Å². The van der Waals surface area contributed by atoms with Gasteiger partial charge in [-0.25, -0.2) is 4.68 Å².